The average Bonchev–Trinajstić information content (AvgIpc) is 3.14. The van der Waals surface area contributed by atoms with Crippen molar-refractivity contribution in [3.05, 3.63) is 37.3 Å². The molecule has 1 aliphatic heterocycles. The first-order valence-corrected chi connectivity index (χ1v) is 6.90. The zero-order valence-corrected chi connectivity index (χ0v) is 11.6. The van der Waals surface area contributed by atoms with Crippen molar-refractivity contribution in [1.82, 2.24) is 19.1 Å². The largest absolute Gasteiger partial charge is 0.445 e. The third-order valence-electron chi connectivity index (χ3n) is 3.67. The third-order valence-corrected chi connectivity index (χ3v) is 3.67. The van der Waals surface area contributed by atoms with E-state index in [1.807, 2.05) is 27.7 Å². The van der Waals surface area contributed by atoms with E-state index in [0.29, 0.717) is 19.5 Å². The molecule has 7 nitrogen and oxygen atoms in total. The molecule has 1 amide bonds. The van der Waals surface area contributed by atoms with Gasteiger partial charge in [-0.1, -0.05) is 12.7 Å². The molecular weight excluding hydrogens is 272 g/mol. The molecule has 3 rings (SSSR count). The number of likely N-dealkylation sites (tertiary alicyclic amines) is 1. The summed E-state index contributed by atoms with van der Waals surface area (Å²) in [5.41, 5.74) is 0.856. The Balaban J connectivity index is 1.74. The van der Waals surface area contributed by atoms with Gasteiger partial charge in [0.15, 0.2) is 5.65 Å². The van der Waals surface area contributed by atoms with Crippen LogP contribution in [0.4, 0.5) is 4.79 Å². The van der Waals surface area contributed by atoms with E-state index in [1.165, 1.54) is 6.08 Å². The first-order valence-electron chi connectivity index (χ1n) is 6.90. The van der Waals surface area contributed by atoms with Crippen LogP contribution >= 0.6 is 0 Å². The molecule has 0 unspecified atom stereocenters. The van der Waals surface area contributed by atoms with E-state index in [2.05, 4.69) is 11.6 Å². The number of carbonyl (C=O) groups excluding carboxylic acids is 1. The molecule has 2 aromatic rings. The van der Waals surface area contributed by atoms with E-state index in [9.17, 15) is 9.90 Å². The standard InChI is InChI=1S/C14H18N4O3/c1-2-7-21-14(20)17-10-12(19)8-11(17)9-16-5-3-13-15-4-6-18(13)16/h2-6,11-12,19H,1,7-10H2/t11-,12+/m0/s1. The maximum absolute atomic E-state index is 12.0. The van der Waals surface area contributed by atoms with Gasteiger partial charge in [-0.05, 0) is 6.42 Å². The second-order valence-electron chi connectivity index (χ2n) is 5.13. The number of ether oxygens (including phenoxy) is 1. The number of hydrogen-bond acceptors (Lipinski definition) is 4. The van der Waals surface area contributed by atoms with Crippen molar-refractivity contribution < 1.29 is 14.6 Å². The Morgan fingerprint density at radius 1 is 1.57 bits per heavy atom. The van der Waals surface area contributed by atoms with E-state index in [0.717, 1.165) is 5.65 Å². The Morgan fingerprint density at radius 2 is 2.43 bits per heavy atom. The molecule has 1 fully saturated rings. The maximum Gasteiger partial charge on any atom is 0.410 e. The third kappa shape index (κ3) is 2.64. The summed E-state index contributed by atoms with van der Waals surface area (Å²) in [6.07, 6.45) is 6.65. The van der Waals surface area contributed by atoms with Gasteiger partial charge in [-0.2, -0.15) is 0 Å². The van der Waals surface area contributed by atoms with Crippen LogP contribution in [0.2, 0.25) is 0 Å². The number of aliphatic hydroxyl groups is 1. The number of hydrogen-bond donors (Lipinski definition) is 1. The summed E-state index contributed by atoms with van der Waals surface area (Å²) in [6.45, 7) is 4.58. The number of carbonyl (C=O) groups is 1. The van der Waals surface area contributed by atoms with Crippen molar-refractivity contribution in [2.75, 3.05) is 13.2 Å². The van der Waals surface area contributed by atoms with Crippen LogP contribution in [0.1, 0.15) is 6.42 Å². The lowest BCUT2D eigenvalue weighted by Gasteiger charge is -2.24. The number of nitrogens with zero attached hydrogens (tertiary/aromatic N) is 4. The molecule has 0 radical (unpaired) electrons. The van der Waals surface area contributed by atoms with E-state index < -0.39 is 12.2 Å². The monoisotopic (exact) mass is 290 g/mol. The summed E-state index contributed by atoms with van der Waals surface area (Å²) in [6, 6.07) is 1.81. The van der Waals surface area contributed by atoms with Gasteiger partial charge in [-0.15, -0.1) is 0 Å². The van der Waals surface area contributed by atoms with Gasteiger partial charge in [0, 0.05) is 24.7 Å². The molecule has 0 saturated carbocycles. The van der Waals surface area contributed by atoms with Crippen LogP contribution in [0.3, 0.4) is 0 Å². The summed E-state index contributed by atoms with van der Waals surface area (Å²) in [5.74, 6) is 0. The van der Waals surface area contributed by atoms with Crippen LogP contribution in [0.25, 0.3) is 5.65 Å². The number of imidazole rings is 1. The van der Waals surface area contributed by atoms with Gasteiger partial charge < -0.3 is 14.7 Å². The molecule has 0 aliphatic carbocycles. The van der Waals surface area contributed by atoms with Gasteiger partial charge in [0.05, 0.1) is 25.2 Å². The van der Waals surface area contributed by atoms with Crippen molar-refractivity contribution >= 4 is 11.7 Å². The maximum atomic E-state index is 12.0. The molecule has 2 atom stereocenters. The van der Waals surface area contributed by atoms with Crippen LogP contribution in [0.15, 0.2) is 37.3 Å². The van der Waals surface area contributed by atoms with Gasteiger partial charge in [0.25, 0.3) is 0 Å². The summed E-state index contributed by atoms with van der Waals surface area (Å²) in [4.78, 5) is 17.8. The van der Waals surface area contributed by atoms with E-state index in [4.69, 9.17) is 4.74 Å². The number of fused-ring (bicyclic) bond motifs is 1. The lowest BCUT2D eigenvalue weighted by molar-refractivity contribution is 0.0992. The second kappa shape index (κ2) is 5.61. The molecular formula is C14H18N4O3. The average molecular weight is 290 g/mol. The molecule has 0 bridgehead atoms. The number of aliphatic hydroxyl groups excluding tert-OH is 1. The first kappa shape index (κ1) is 13.7. The number of amides is 1. The molecule has 1 aliphatic rings. The molecule has 112 valence electrons. The second-order valence-corrected chi connectivity index (χ2v) is 5.13. The van der Waals surface area contributed by atoms with Crippen molar-refractivity contribution in [2.45, 2.75) is 25.1 Å². The fourth-order valence-electron chi connectivity index (χ4n) is 2.74. The van der Waals surface area contributed by atoms with E-state index in [1.54, 1.807) is 11.1 Å². The van der Waals surface area contributed by atoms with Crippen LogP contribution in [0, 0.1) is 0 Å². The molecule has 2 aromatic heterocycles. The van der Waals surface area contributed by atoms with Crippen molar-refractivity contribution in [2.24, 2.45) is 0 Å². The van der Waals surface area contributed by atoms with Gasteiger partial charge in [0.1, 0.15) is 6.61 Å². The fourth-order valence-corrected chi connectivity index (χ4v) is 2.74. The highest BCUT2D eigenvalue weighted by molar-refractivity contribution is 5.68. The summed E-state index contributed by atoms with van der Waals surface area (Å²) < 4.78 is 8.96. The lowest BCUT2D eigenvalue weighted by Crippen LogP contribution is -2.39. The summed E-state index contributed by atoms with van der Waals surface area (Å²) in [7, 11) is 0. The normalized spacial score (nSPS) is 21.9. The zero-order valence-electron chi connectivity index (χ0n) is 11.6. The van der Waals surface area contributed by atoms with Crippen LogP contribution in [0.5, 0.6) is 0 Å². The molecule has 1 saturated heterocycles. The number of β-amino-alcohol motifs (C(OH)–C–C–N with tert-alkyl or cyclic N) is 1. The number of aromatic nitrogens is 3. The molecule has 3 heterocycles. The van der Waals surface area contributed by atoms with Crippen molar-refractivity contribution in [3.63, 3.8) is 0 Å². The SMILES string of the molecule is C=CCOC(=O)N1C[C@H](O)C[C@H]1Cn1ccc2nccn21. The predicted molar refractivity (Wildman–Crippen MR) is 75.8 cm³/mol. The van der Waals surface area contributed by atoms with E-state index in [-0.39, 0.29) is 12.6 Å². The quantitative estimate of drug-likeness (QED) is 0.849. The van der Waals surface area contributed by atoms with Gasteiger partial charge in [-0.3, -0.25) is 4.68 Å². The Labute approximate surface area is 122 Å². The van der Waals surface area contributed by atoms with Gasteiger partial charge >= 0.3 is 6.09 Å². The Morgan fingerprint density at radius 3 is 3.24 bits per heavy atom. The molecule has 1 N–H and O–H groups in total. The minimum absolute atomic E-state index is 0.102. The van der Waals surface area contributed by atoms with Crippen molar-refractivity contribution in [3.8, 4) is 0 Å². The topological polar surface area (TPSA) is 72.0 Å². The van der Waals surface area contributed by atoms with Crippen LogP contribution in [-0.2, 0) is 11.3 Å². The molecule has 0 spiro atoms. The van der Waals surface area contributed by atoms with Crippen LogP contribution < -0.4 is 0 Å². The Bertz CT molecular complexity index is 647. The Kier molecular flexibility index (Phi) is 3.66. The number of rotatable bonds is 4. The predicted octanol–water partition coefficient (Wildman–Crippen LogP) is 0.894. The first-order chi connectivity index (χ1) is 10.2. The van der Waals surface area contributed by atoms with Gasteiger partial charge in [0.2, 0.25) is 0 Å². The van der Waals surface area contributed by atoms with Crippen LogP contribution in [-0.4, -0.2) is 55.6 Å². The van der Waals surface area contributed by atoms with Crippen molar-refractivity contribution in [1.29, 1.82) is 0 Å². The summed E-state index contributed by atoms with van der Waals surface area (Å²) >= 11 is 0. The highest BCUT2D eigenvalue weighted by Crippen LogP contribution is 2.21. The summed E-state index contributed by atoms with van der Waals surface area (Å²) in [5, 5.41) is 9.85. The lowest BCUT2D eigenvalue weighted by atomic mass is 10.2. The molecule has 0 aromatic carbocycles. The fraction of sp³-hybridized carbons (Fsp3) is 0.429. The highest BCUT2D eigenvalue weighted by Gasteiger charge is 2.35. The Hall–Kier alpha value is -2.28. The molecule has 7 heteroatoms. The highest BCUT2D eigenvalue weighted by atomic mass is 16.6. The smallest absolute Gasteiger partial charge is 0.410 e. The minimum Gasteiger partial charge on any atom is -0.445 e. The van der Waals surface area contributed by atoms with Gasteiger partial charge in [-0.25, -0.2) is 14.3 Å². The zero-order chi connectivity index (χ0) is 14.8. The van der Waals surface area contributed by atoms with E-state index >= 15 is 0 Å². The minimum atomic E-state index is -0.514. The molecule has 21 heavy (non-hydrogen) atoms.